The Hall–Kier alpha value is -1.74. The molecule has 1 rings (SSSR count). The van der Waals surface area contributed by atoms with Gasteiger partial charge in [0, 0.05) is 7.05 Å². The summed E-state index contributed by atoms with van der Waals surface area (Å²) in [7, 11) is 1.11. The van der Waals surface area contributed by atoms with Crippen molar-refractivity contribution in [2.45, 2.75) is 12.4 Å². The van der Waals surface area contributed by atoms with E-state index in [0.29, 0.717) is 0 Å². The summed E-state index contributed by atoms with van der Waals surface area (Å²) in [5.41, 5.74) is -2.04. The molecular weight excluding hydrogens is 284 g/mol. The van der Waals surface area contributed by atoms with Crippen molar-refractivity contribution in [1.82, 2.24) is 4.90 Å². The largest absolute Gasteiger partial charge is 0.477 e. The van der Waals surface area contributed by atoms with Crippen molar-refractivity contribution in [2.24, 2.45) is 0 Å². The van der Waals surface area contributed by atoms with Crippen LogP contribution >= 0.6 is 0 Å². The fraction of sp³-hybridized carbons (Fsp3) is 0.556. The molecule has 0 atom stereocenters. The Morgan fingerprint density at radius 3 is 1.74 bits per heavy atom. The molecule has 0 aromatic rings. The van der Waals surface area contributed by atoms with Crippen LogP contribution in [0.4, 0.5) is 26.3 Å². The maximum atomic E-state index is 12.3. The summed E-state index contributed by atoms with van der Waals surface area (Å²) in [4.78, 5) is 22.8. The molecule has 0 aliphatic carbocycles. The number of halogens is 6. The predicted molar refractivity (Wildman–Crippen MR) is 47.7 cm³/mol. The number of alkyl halides is 6. The molecule has 1 aliphatic rings. The highest BCUT2D eigenvalue weighted by Gasteiger charge is 2.53. The Bertz CT molecular complexity index is 408. The quantitative estimate of drug-likeness (QED) is 0.334. The molecule has 1 heterocycles. The van der Waals surface area contributed by atoms with E-state index >= 15 is 0 Å². The van der Waals surface area contributed by atoms with E-state index in [4.69, 9.17) is 0 Å². The molecule has 0 radical (unpaired) electrons. The molecular formula is C9H7F6NO3. The summed E-state index contributed by atoms with van der Waals surface area (Å²) >= 11 is 0. The molecule has 19 heavy (non-hydrogen) atoms. The Labute approximate surface area is 102 Å². The van der Waals surface area contributed by atoms with E-state index in [2.05, 4.69) is 4.74 Å². The highest BCUT2D eigenvalue weighted by Crippen LogP contribution is 2.31. The molecule has 0 aromatic heterocycles. The van der Waals surface area contributed by atoms with E-state index in [1.807, 2.05) is 0 Å². The van der Waals surface area contributed by atoms with Crippen molar-refractivity contribution in [3.8, 4) is 0 Å². The van der Waals surface area contributed by atoms with Gasteiger partial charge in [0.15, 0.2) is 0 Å². The van der Waals surface area contributed by atoms with Gasteiger partial charge >= 0.3 is 12.4 Å². The first-order chi connectivity index (χ1) is 8.46. The number of likely N-dealkylation sites (N-methyl/N-ethyl adjacent to an activating group) is 1. The van der Waals surface area contributed by atoms with Gasteiger partial charge in [-0.1, -0.05) is 0 Å². The second-order valence-electron chi connectivity index (χ2n) is 3.60. The molecule has 0 unspecified atom stereocenters. The van der Waals surface area contributed by atoms with Crippen LogP contribution in [0.25, 0.3) is 0 Å². The minimum Gasteiger partial charge on any atom is -0.477 e. The first-order valence-corrected chi connectivity index (χ1v) is 4.77. The molecule has 0 spiro atoms. The van der Waals surface area contributed by atoms with Crippen LogP contribution in [0, 0.1) is 0 Å². The highest BCUT2D eigenvalue weighted by atomic mass is 19.4. The molecule has 4 nitrogen and oxygen atoms in total. The summed E-state index contributed by atoms with van der Waals surface area (Å²) in [5, 5.41) is 0. The SMILES string of the molecule is CN1CCOC1=C(C(=O)C(F)(F)F)C(=O)C(F)(F)F. The molecule has 1 saturated heterocycles. The van der Waals surface area contributed by atoms with Crippen LogP contribution in [-0.4, -0.2) is 49.0 Å². The van der Waals surface area contributed by atoms with Crippen LogP contribution in [0.15, 0.2) is 11.5 Å². The van der Waals surface area contributed by atoms with E-state index in [-0.39, 0.29) is 13.2 Å². The number of hydrogen-bond donors (Lipinski definition) is 0. The molecule has 10 heteroatoms. The number of ketones is 2. The van der Waals surface area contributed by atoms with E-state index in [1.165, 1.54) is 0 Å². The van der Waals surface area contributed by atoms with E-state index in [1.54, 1.807) is 0 Å². The maximum Gasteiger partial charge on any atom is 0.455 e. The summed E-state index contributed by atoms with van der Waals surface area (Å²) in [6, 6.07) is 0. The van der Waals surface area contributed by atoms with Crippen LogP contribution < -0.4 is 0 Å². The molecule has 1 fully saturated rings. The number of rotatable bonds is 2. The zero-order valence-electron chi connectivity index (χ0n) is 9.35. The fourth-order valence-corrected chi connectivity index (χ4v) is 1.33. The topological polar surface area (TPSA) is 46.6 Å². The normalized spacial score (nSPS) is 16.4. The van der Waals surface area contributed by atoms with Crippen molar-refractivity contribution < 1.29 is 40.7 Å². The zero-order chi connectivity index (χ0) is 15.0. The summed E-state index contributed by atoms with van der Waals surface area (Å²) in [5.74, 6) is -6.76. The first-order valence-electron chi connectivity index (χ1n) is 4.77. The lowest BCUT2D eigenvalue weighted by Crippen LogP contribution is -2.37. The smallest absolute Gasteiger partial charge is 0.455 e. The van der Waals surface area contributed by atoms with Crippen molar-refractivity contribution >= 4 is 11.6 Å². The lowest BCUT2D eigenvalue weighted by atomic mass is 10.1. The molecule has 0 N–H and O–H groups in total. The highest BCUT2D eigenvalue weighted by molar-refractivity contribution is 6.24. The Kier molecular flexibility index (Phi) is 3.82. The van der Waals surface area contributed by atoms with Gasteiger partial charge < -0.3 is 9.64 Å². The van der Waals surface area contributed by atoms with Gasteiger partial charge in [0.2, 0.25) is 5.88 Å². The Morgan fingerprint density at radius 2 is 1.47 bits per heavy atom. The summed E-state index contributed by atoms with van der Waals surface area (Å²) in [6.07, 6.45) is -11.2. The number of nitrogens with zero attached hydrogens (tertiary/aromatic N) is 1. The first kappa shape index (κ1) is 15.3. The van der Waals surface area contributed by atoms with E-state index < -0.39 is 35.4 Å². The summed E-state index contributed by atoms with van der Waals surface area (Å²) in [6.45, 7) is -0.249. The minimum absolute atomic E-state index is 0.0326. The van der Waals surface area contributed by atoms with E-state index in [0.717, 1.165) is 11.9 Å². The summed E-state index contributed by atoms with van der Waals surface area (Å²) < 4.78 is 78.0. The number of Topliss-reactive ketones (excluding diaryl/α,β-unsaturated/α-hetero) is 2. The average Bonchev–Trinajstić information content (AvgIpc) is 2.62. The monoisotopic (exact) mass is 291 g/mol. The number of allylic oxidation sites excluding steroid dienone is 1. The number of ether oxygens (including phenoxy) is 1. The van der Waals surface area contributed by atoms with Gasteiger partial charge in [-0.15, -0.1) is 0 Å². The number of hydrogen-bond acceptors (Lipinski definition) is 4. The van der Waals surface area contributed by atoms with Crippen LogP contribution in [0.5, 0.6) is 0 Å². The van der Waals surface area contributed by atoms with Gasteiger partial charge in [-0.3, -0.25) is 9.59 Å². The third kappa shape index (κ3) is 3.18. The van der Waals surface area contributed by atoms with Gasteiger partial charge in [-0.05, 0) is 0 Å². The molecule has 108 valence electrons. The van der Waals surface area contributed by atoms with Crippen LogP contribution in [0.2, 0.25) is 0 Å². The second kappa shape index (κ2) is 4.74. The van der Waals surface area contributed by atoms with Crippen molar-refractivity contribution in [1.29, 1.82) is 0 Å². The molecule has 0 bridgehead atoms. The van der Waals surface area contributed by atoms with Crippen molar-refractivity contribution in [3.63, 3.8) is 0 Å². The van der Waals surface area contributed by atoms with Gasteiger partial charge in [0.1, 0.15) is 12.2 Å². The third-order valence-corrected chi connectivity index (χ3v) is 2.20. The Balaban J connectivity index is 3.36. The minimum atomic E-state index is -5.60. The average molecular weight is 291 g/mol. The molecule has 0 amide bonds. The van der Waals surface area contributed by atoms with Crippen LogP contribution in [-0.2, 0) is 14.3 Å². The van der Waals surface area contributed by atoms with Gasteiger partial charge in [0.05, 0.1) is 6.54 Å². The van der Waals surface area contributed by atoms with Gasteiger partial charge in [0.25, 0.3) is 11.6 Å². The fourth-order valence-electron chi connectivity index (χ4n) is 1.33. The van der Waals surface area contributed by atoms with Gasteiger partial charge in [-0.25, -0.2) is 0 Å². The van der Waals surface area contributed by atoms with Crippen LogP contribution in [0.3, 0.4) is 0 Å². The predicted octanol–water partition coefficient (Wildman–Crippen LogP) is 1.42. The number of carbonyl (C=O) groups excluding carboxylic acids is 2. The van der Waals surface area contributed by atoms with Crippen molar-refractivity contribution in [3.05, 3.63) is 11.5 Å². The lowest BCUT2D eigenvalue weighted by Gasteiger charge is -2.16. The standard InChI is InChI=1S/C9H7F6NO3/c1-16-2-3-19-7(16)4(5(17)8(10,11)12)6(18)9(13,14)15/h2-3H2,1H3. The van der Waals surface area contributed by atoms with E-state index in [9.17, 15) is 35.9 Å². The lowest BCUT2D eigenvalue weighted by molar-refractivity contribution is -0.176. The molecule has 1 aliphatic heterocycles. The maximum absolute atomic E-state index is 12.3. The van der Waals surface area contributed by atoms with Crippen LogP contribution in [0.1, 0.15) is 0 Å². The Morgan fingerprint density at radius 1 is 1.05 bits per heavy atom. The third-order valence-electron chi connectivity index (χ3n) is 2.20. The zero-order valence-corrected chi connectivity index (χ0v) is 9.35. The van der Waals surface area contributed by atoms with Crippen molar-refractivity contribution in [2.75, 3.05) is 20.2 Å². The second-order valence-corrected chi connectivity index (χ2v) is 3.60. The molecule has 0 saturated carbocycles. The molecule has 0 aromatic carbocycles. The van der Waals surface area contributed by atoms with Gasteiger partial charge in [-0.2, -0.15) is 26.3 Å². The number of carbonyl (C=O) groups is 2.